The summed E-state index contributed by atoms with van der Waals surface area (Å²) in [6.07, 6.45) is 4.46. The van der Waals surface area contributed by atoms with E-state index in [4.69, 9.17) is 4.74 Å². The van der Waals surface area contributed by atoms with Crippen LogP contribution in [0.5, 0.6) is 5.88 Å². The van der Waals surface area contributed by atoms with Gasteiger partial charge in [-0.3, -0.25) is 4.68 Å². The summed E-state index contributed by atoms with van der Waals surface area (Å²) < 4.78 is 35.1. The molecule has 0 saturated carbocycles. The van der Waals surface area contributed by atoms with E-state index >= 15 is 0 Å². The molecule has 0 fully saturated rings. The molecule has 11 heteroatoms. The number of likely N-dealkylation sites (N-methyl/N-ethyl adjacent to an activating group) is 1. The number of nitrogens with zero attached hydrogens (tertiary/aromatic N) is 3. The van der Waals surface area contributed by atoms with Gasteiger partial charge in [-0.2, -0.15) is 9.82 Å². The molecule has 1 aliphatic carbocycles. The maximum Gasteiger partial charge on any atom is 0.263 e. The van der Waals surface area contributed by atoms with E-state index in [2.05, 4.69) is 31.5 Å². The van der Waals surface area contributed by atoms with E-state index in [1.165, 1.54) is 11.6 Å². The van der Waals surface area contributed by atoms with Crippen LogP contribution in [-0.2, 0) is 28.4 Å². The quantitative estimate of drug-likeness (QED) is 0.311. The minimum atomic E-state index is -4.08. The molecule has 0 bridgehead atoms. The van der Waals surface area contributed by atoms with E-state index < -0.39 is 21.9 Å². The lowest BCUT2D eigenvalue weighted by atomic mass is 9.98. The lowest BCUT2D eigenvalue weighted by Gasteiger charge is -2.25. The highest BCUT2D eigenvalue weighted by atomic mass is 32.2. The highest BCUT2D eigenvalue weighted by Gasteiger charge is 2.27. The van der Waals surface area contributed by atoms with Gasteiger partial charge in [0.25, 0.3) is 10.0 Å². The maximum absolute atomic E-state index is 13.0. The molecule has 1 atom stereocenters. The van der Waals surface area contributed by atoms with E-state index in [0.717, 1.165) is 36.0 Å². The Morgan fingerprint density at radius 3 is 2.77 bits per heavy atom. The van der Waals surface area contributed by atoms with E-state index in [0.29, 0.717) is 18.1 Å². The van der Waals surface area contributed by atoms with Crippen molar-refractivity contribution in [2.45, 2.75) is 50.0 Å². The van der Waals surface area contributed by atoms with Crippen LogP contribution in [-0.4, -0.2) is 55.3 Å². The summed E-state index contributed by atoms with van der Waals surface area (Å²) in [5.41, 5.74) is 4.17. The second kappa shape index (κ2) is 9.94. The summed E-state index contributed by atoms with van der Waals surface area (Å²) >= 11 is 0. The lowest BCUT2D eigenvalue weighted by Crippen LogP contribution is -2.41. The molecular weight excluding hydrogens is 468 g/mol. The Morgan fingerprint density at radius 1 is 1.23 bits per heavy atom. The SMILES string of the molecule is CNCC(C)(C)n1ccc(S(=O)(=O)NC(O)Nc2c(-c3ccnc(OC)c3)ccc3c2CCC3)n1. The molecule has 3 aromatic rings. The number of pyridine rings is 1. The van der Waals surface area contributed by atoms with Gasteiger partial charge in [0.05, 0.1) is 12.6 Å². The average Bonchev–Trinajstić information content (AvgIpc) is 3.50. The smallest absolute Gasteiger partial charge is 0.263 e. The minimum Gasteiger partial charge on any atom is -0.481 e. The van der Waals surface area contributed by atoms with Crippen molar-refractivity contribution in [2.24, 2.45) is 0 Å². The zero-order chi connectivity index (χ0) is 25.2. The fraction of sp³-hybridized carbons (Fsp3) is 0.417. The summed E-state index contributed by atoms with van der Waals surface area (Å²) in [4.78, 5) is 4.16. The van der Waals surface area contributed by atoms with Crippen molar-refractivity contribution in [2.75, 3.05) is 26.0 Å². The molecule has 188 valence electrons. The fourth-order valence-corrected chi connectivity index (χ4v) is 5.34. The highest BCUT2D eigenvalue weighted by molar-refractivity contribution is 7.89. The number of rotatable bonds is 10. The molecule has 1 aliphatic rings. The number of fused-ring (bicyclic) bond motifs is 1. The van der Waals surface area contributed by atoms with Gasteiger partial charge in [-0.25, -0.2) is 13.4 Å². The zero-order valence-electron chi connectivity index (χ0n) is 20.4. The number of aromatic nitrogens is 3. The summed E-state index contributed by atoms with van der Waals surface area (Å²) in [5.74, 6) is 0.465. The molecule has 0 spiro atoms. The summed E-state index contributed by atoms with van der Waals surface area (Å²) in [5, 5.41) is 20.9. The van der Waals surface area contributed by atoms with Crippen LogP contribution >= 0.6 is 0 Å². The molecule has 10 nitrogen and oxygen atoms in total. The number of ether oxygens (including phenoxy) is 1. The molecule has 1 aromatic carbocycles. The molecule has 0 aliphatic heterocycles. The van der Waals surface area contributed by atoms with Crippen molar-refractivity contribution in [3.8, 4) is 17.0 Å². The number of nitrogens with one attached hydrogen (secondary N) is 3. The Morgan fingerprint density at radius 2 is 2.03 bits per heavy atom. The molecule has 1 unspecified atom stereocenters. The van der Waals surface area contributed by atoms with Crippen LogP contribution in [0.2, 0.25) is 0 Å². The number of sulfonamides is 1. The number of benzene rings is 1. The monoisotopic (exact) mass is 500 g/mol. The van der Waals surface area contributed by atoms with Gasteiger partial charge in [0.2, 0.25) is 5.88 Å². The molecular formula is C24H32N6O4S. The number of anilines is 1. The Bertz CT molecular complexity index is 1310. The van der Waals surface area contributed by atoms with Crippen molar-refractivity contribution in [1.29, 1.82) is 0 Å². The molecule has 4 rings (SSSR count). The third-order valence-corrected chi connectivity index (χ3v) is 7.46. The van der Waals surface area contributed by atoms with Crippen molar-refractivity contribution >= 4 is 15.7 Å². The van der Waals surface area contributed by atoms with E-state index in [9.17, 15) is 13.5 Å². The lowest BCUT2D eigenvalue weighted by molar-refractivity contribution is 0.192. The topological polar surface area (TPSA) is 130 Å². The van der Waals surface area contributed by atoms with Crippen LogP contribution in [0.1, 0.15) is 31.4 Å². The van der Waals surface area contributed by atoms with Gasteiger partial charge in [0.1, 0.15) is 0 Å². The third kappa shape index (κ3) is 5.32. The molecule has 4 N–H and O–H groups in total. The number of aryl methyl sites for hydroxylation is 1. The van der Waals surface area contributed by atoms with E-state index in [1.54, 1.807) is 30.3 Å². The number of aliphatic hydroxyl groups is 1. The van der Waals surface area contributed by atoms with Gasteiger partial charge in [-0.1, -0.05) is 12.1 Å². The van der Waals surface area contributed by atoms with Gasteiger partial charge in [0, 0.05) is 36.3 Å². The van der Waals surface area contributed by atoms with Gasteiger partial charge in [-0.15, -0.1) is 0 Å². The predicted molar refractivity (Wildman–Crippen MR) is 134 cm³/mol. The molecule has 35 heavy (non-hydrogen) atoms. The Hall–Kier alpha value is -2.99. The van der Waals surface area contributed by atoms with Crippen LogP contribution in [0, 0.1) is 0 Å². The zero-order valence-corrected chi connectivity index (χ0v) is 21.2. The number of aliphatic hydroxyl groups excluding tert-OH is 1. The van der Waals surface area contributed by atoms with Gasteiger partial charge < -0.3 is 20.5 Å². The third-order valence-electron chi connectivity index (χ3n) is 6.16. The molecule has 0 saturated heterocycles. The van der Waals surface area contributed by atoms with Crippen LogP contribution in [0.4, 0.5) is 5.69 Å². The molecule has 0 radical (unpaired) electrons. The normalized spacial score (nSPS) is 14.5. The van der Waals surface area contributed by atoms with Crippen molar-refractivity contribution < 1.29 is 18.3 Å². The first-order valence-electron chi connectivity index (χ1n) is 11.5. The number of hydrogen-bond donors (Lipinski definition) is 4. The van der Waals surface area contributed by atoms with Crippen molar-refractivity contribution in [3.63, 3.8) is 0 Å². The fourth-order valence-electron chi connectivity index (χ4n) is 4.44. The van der Waals surface area contributed by atoms with Crippen LogP contribution in [0.15, 0.2) is 47.8 Å². The first-order valence-corrected chi connectivity index (χ1v) is 13.0. The Balaban J connectivity index is 1.60. The largest absolute Gasteiger partial charge is 0.481 e. The minimum absolute atomic E-state index is 0.167. The average molecular weight is 501 g/mol. The first-order chi connectivity index (χ1) is 16.6. The van der Waals surface area contributed by atoms with Crippen LogP contribution in [0.25, 0.3) is 11.1 Å². The van der Waals surface area contributed by atoms with E-state index in [1.807, 2.05) is 33.0 Å². The molecule has 2 aromatic heterocycles. The molecule has 0 amide bonds. The number of hydrogen-bond acceptors (Lipinski definition) is 8. The second-order valence-corrected chi connectivity index (χ2v) is 10.8. The predicted octanol–water partition coefficient (Wildman–Crippen LogP) is 2.06. The second-order valence-electron chi connectivity index (χ2n) is 9.18. The van der Waals surface area contributed by atoms with Crippen molar-refractivity contribution in [3.05, 3.63) is 53.9 Å². The maximum atomic E-state index is 13.0. The Kier molecular flexibility index (Phi) is 7.13. The van der Waals surface area contributed by atoms with Gasteiger partial charge >= 0.3 is 0 Å². The van der Waals surface area contributed by atoms with Gasteiger partial charge in [0.15, 0.2) is 11.4 Å². The van der Waals surface area contributed by atoms with Gasteiger partial charge in [-0.05, 0) is 69.0 Å². The Labute approximate surface area is 205 Å². The highest BCUT2D eigenvalue weighted by Crippen LogP contribution is 2.38. The van der Waals surface area contributed by atoms with E-state index in [-0.39, 0.29) is 5.03 Å². The summed E-state index contributed by atoms with van der Waals surface area (Å²) in [6.45, 7) is 4.50. The summed E-state index contributed by atoms with van der Waals surface area (Å²) in [7, 11) is -0.709. The standard InChI is InChI=1S/C24H32N6O4S/c1-24(2,15-25-3)30-13-11-21(28-30)35(32,33)29-23(31)27-22-18-7-5-6-16(18)8-9-19(22)17-10-12-26-20(14-17)34-4/h8-14,23,25,27,29,31H,5-7,15H2,1-4H3. The molecule has 2 heterocycles. The van der Waals surface area contributed by atoms with Crippen LogP contribution in [0.3, 0.4) is 0 Å². The van der Waals surface area contributed by atoms with Crippen LogP contribution < -0.4 is 20.1 Å². The van der Waals surface area contributed by atoms with Crippen molar-refractivity contribution in [1.82, 2.24) is 24.8 Å². The number of methoxy groups -OCH3 is 1. The first kappa shape index (κ1) is 25.1. The summed E-state index contributed by atoms with van der Waals surface area (Å²) in [6, 6.07) is 9.11.